The SMILES string of the molecule is CCOCCN(CC)Cc1ccc(C(=O)O)o1. The normalized spacial score (nSPS) is 11.0. The van der Waals surface area contributed by atoms with Crippen molar-refractivity contribution in [3.63, 3.8) is 0 Å². The third-order valence-corrected chi connectivity index (χ3v) is 2.46. The first kappa shape index (κ1) is 13.7. The predicted molar refractivity (Wildman–Crippen MR) is 63.1 cm³/mol. The molecule has 0 amide bonds. The quantitative estimate of drug-likeness (QED) is 0.703. The van der Waals surface area contributed by atoms with Crippen LogP contribution in [-0.4, -0.2) is 42.3 Å². The summed E-state index contributed by atoms with van der Waals surface area (Å²) in [7, 11) is 0. The minimum Gasteiger partial charge on any atom is -0.475 e. The molecule has 1 aromatic heterocycles. The molecule has 5 nitrogen and oxygen atoms in total. The van der Waals surface area contributed by atoms with Gasteiger partial charge in [-0.25, -0.2) is 4.79 Å². The molecular weight excluding hydrogens is 222 g/mol. The van der Waals surface area contributed by atoms with E-state index in [4.69, 9.17) is 14.3 Å². The highest BCUT2D eigenvalue weighted by atomic mass is 16.5. The zero-order chi connectivity index (χ0) is 12.7. The van der Waals surface area contributed by atoms with Crippen LogP contribution < -0.4 is 0 Å². The fourth-order valence-electron chi connectivity index (χ4n) is 1.49. The Labute approximate surface area is 101 Å². The monoisotopic (exact) mass is 241 g/mol. The molecule has 0 bridgehead atoms. The minimum absolute atomic E-state index is 0.0131. The van der Waals surface area contributed by atoms with Gasteiger partial charge in [-0.1, -0.05) is 6.92 Å². The number of hydrogen-bond donors (Lipinski definition) is 1. The Morgan fingerprint density at radius 1 is 1.47 bits per heavy atom. The molecule has 0 aliphatic rings. The summed E-state index contributed by atoms with van der Waals surface area (Å²) in [6.07, 6.45) is 0. The number of furan rings is 1. The van der Waals surface area contributed by atoms with Gasteiger partial charge in [0.1, 0.15) is 5.76 Å². The summed E-state index contributed by atoms with van der Waals surface area (Å²) in [5.41, 5.74) is 0. The van der Waals surface area contributed by atoms with Gasteiger partial charge in [0, 0.05) is 13.2 Å². The summed E-state index contributed by atoms with van der Waals surface area (Å²) >= 11 is 0. The van der Waals surface area contributed by atoms with Crippen LogP contribution in [0.25, 0.3) is 0 Å². The second-order valence-corrected chi connectivity index (χ2v) is 3.64. The highest BCUT2D eigenvalue weighted by Crippen LogP contribution is 2.10. The van der Waals surface area contributed by atoms with Gasteiger partial charge in [-0.3, -0.25) is 4.90 Å². The highest BCUT2D eigenvalue weighted by Gasteiger charge is 2.11. The van der Waals surface area contributed by atoms with Crippen LogP contribution in [0, 0.1) is 0 Å². The fraction of sp³-hybridized carbons (Fsp3) is 0.583. The lowest BCUT2D eigenvalue weighted by atomic mass is 10.4. The van der Waals surface area contributed by atoms with E-state index in [1.54, 1.807) is 6.07 Å². The van der Waals surface area contributed by atoms with Crippen molar-refractivity contribution in [3.8, 4) is 0 Å². The van der Waals surface area contributed by atoms with E-state index >= 15 is 0 Å². The maximum absolute atomic E-state index is 10.7. The lowest BCUT2D eigenvalue weighted by Gasteiger charge is -2.18. The van der Waals surface area contributed by atoms with Crippen LogP contribution in [0.2, 0.25) is 0 Å². The number of likely N-dealkylation sites (N-methyl/N-ethyl adjacent to an activating group) is 1. The number of carboxylic acids is 1. The largest absolute Gasteiger partial charge is 0.475 e. The molecule has 0 aliphatic carbocycles. The molecule has 0 saturated heterocycles. The zero-order valence-electron chi connectivity index (χ0n) is 10.3. The van der Waals surface area contributed by atoms with Crippen molar-refractivity contribution in [2.75, 3.05) is 26.3 Å². The van der Waals surface area contributed by atoms with Crippen molar-refractivity contribution in [2.45, 2.75) is 20.4 Å². The maximum Gasteiger partial charge on any atom is 0.371 e. The van der Waals surface area contributed by atoms with Crippen LogP contribution >= 0.6 is 0 Å². The molecule has 0 aliphatic heterocycles. The summed E-state index contributed by atoms with van der Waals surface area (Å²) in [4.78, 5) is 12.8. The second kappa shape index (κ2) is 7.09. The molecule has 0 aromatic carbocycles. The van der Waals surface area contributed by atoms with Gasteiger partial charge >= 0.3 is 5.97 Å². The summed E-state index contributed by atoms with van der Waals surface area (Å²) in [5.74, 6) is -0.379. The summed E-state index contributed by atoms with van der Waals surface area (Å²) in [6.45, 7) is 7.69. The highest BCUT2D eigenvalue weighted by molar-refractivity contribution is 5.84. The van der Waals surface area contributed by atoms with Gasteiger partial charge in [0.2, 0.25) is 5.76 Å². The van der Waals surface area contributed by atoms with Crippen molar-refractivity contribution in [2.24, 2.45) is 0 Å². The predicted octanol–water partition coefficient (Wildman–Crippen LogP) is 1.84. The molecule has 96 valence electrons. The Balaban J connectivity index is 2.46. The number of rotatable bonds is 8. The standard InChI is InChI=1S/C12H19NO4/c1-3-13(7-8-16-4-2)9-10-5-6-11(17-10)12(14)15/h5-6H,3-4,7-9H2,1-2H3,(H,14,15). The van der Waals surface area contributed by atoms with E-state index in [2.05, 4.69) is 4.90 Å². The molecule has 0 radical (unpaired) electrons. The molecule has 0 unspecified atom stereocenters. The topological polar surface area (TPSA) is 62.9 Å². The molecule has 1 rings (SSSR count). The third kappa shape index (κ3) is 4.58. The maximum atomic E-state index is 10.7. The fourth-order valence-corrected chi connectivity index (χ4v) is 1.49. The van der Waals surface area contributed by atoms with Gasteiger partial charge in [0.15, 0.2) is 0 Å². The van der Waals surface area contributed by atoms with E-state index in [1.165, 1.54) is 6.07 Å². The lowest BCUT2D eigenvalue weighted by molar-refractivity contribution is 0.0656. The average Bonchev–Trinajstić information content (AvgIpc) is 2.76. The van der Waals surface area contributed by atoms with Crippen LogP contribution in [0.15, 0.2) is 16.5 Å². The molecule has 0 fully saturated rings. The lowest BCUT2D eigenvalue weighted by Crippen LogP contribution is -2.26. The Kier molecular flexibility index (Phi) is 5.72. The van der Waals surface area contributed by atoms with E-state index in [-0.39, 0.29) is 5.76 Å². The van der Waals surface area contributed by atoms with Crippen LogP contribution in [0.5, 0.6) is 0 Å². The first-order valence-electron chi connectivity index (χ1n) is 5.79. The Morgan fingerprint density at radius 2 is 2.24 bits per heavy atom. The van der Waals surface area contributed by atoms with E-state index in [1.807, 2.05) is 13.8 Å². The van der Waals surface area contributed by atoms with Crippen molar-refractivity contribution in [1.29, 1.82) is 0 Å². The van der Waals surface area contributed by atoms with E-state index < -0.39 is 5.97 Å². The first-order chi connectivity index (χ1) is 8.17. The van der Waals surface area contributed by atoms with Crippen LogP contribution in [0.4, 0.5) is 0 Å². The summed E-state index contributed by atoms with van der Waals surface area (Å²) < 4.78 is 10.5. The van der Waals surface area contributed by atoms with Crippen LogP contribution in [0.3, 0.4) is 0 Å². The molecule has 1 aromatic rings. The Morgan fingerprint density at radius 3 is 2.76 bits per heavy atom. The van der Waals surface area contributed by atoms with E-state index in [0.717, 1.165) is 13.1 Å². The molecule has 1 heterocycles. The first-order valence-corrected chi connectivity index (χ1v) is 5.79. The summed E-state index contributed by atoms with van der Waals surface area (Å²) in [6, 6.07) is 3.18. The molecular formula is C12H19NO4. The number of hydrogen-bond acceptors (Lipinski definition) is 4. The Hall–Kier alpha value is -1.33. The minimum atomic E-state index is -1.03. The van der Waals surface area contributed by atoms with Gasteiger partial charge < -0.3 is 14.3 Å². The van der Waals surface area contributed by atoms with Crippen molar-refractivity contribution in [1.82, 2.24) is 4.90 Å². The van der Waals surface area contributed by atoms with Gasteiger partial charge in [0.25, 0.3) is 0 Å². The average molecular weight is 241 g/mol. The number of aromatic carboxylic acids is 1. The van der Waals surface area contributed by atoms with Gasteiger partial charge in [0.05, 0.1) is 13.2 Å². The molecule has 1 N–H and O–H groups in total. The molecule has 5 heteroatoms. The number of ether oxygens (including phenoxy) is 1. The molecule has 0 saturated carbocycles. The van der Waals surface area contributed by atoms with Gasteiger partial charge in [-0.2, -0.15) is 0 Å². The van der Waals surface area contributed by atoms with Crippen molar-refractivity contribution < 1.29 is 19.1 Å². The van der Waals surface area contributed by atoms with Crippen molar-refractivity contribution >= 4 is 5.97 Å². The third-order valence-electron chi connectivity index (χ3n) is 2.46. The smallest absolute Gasteiger partial charge is 0.371 e. The Bertz CT molecular complexity index is 348. The molecule has 0 spiro atoms. The number of carboxylic acid groups (broad SMARTS) is 1. The zero-order valence-corrected chi connectivity index (χ0v) is 10.3. The number of carbonyl (C=O) groups is 1. The number of nitrogens with zero attached hydrogens (tertiary/aromatic N) is 1. The van der Waals surface area contributed by atoms with Crippen molar-refractivity contribution in [3.05, 3.63) is 23.7 Å². The van der Waals surface area contributed by atoms with Crippen LogP contribution in [-0.2, 0) is 11.3 Å². The van der Waals surface area contributed by atoms with Gasteiger partial charge in [-0.05, 0) is 25.6 Å². The second-order valence-electron chi connectivity index (χ2n) is 3.64. The summed E-state index contributed by atoms with van der Waals surface area (Å²) in [5, 5.41) is 8.74. The molecule has 17 heavy (non-hydrogen) atoms. The van der Waals surface area contributed by atoms with E-state index in [0.29, 0.717) is 25.5 Å². The van der Waals surface area contributed by atoms with Crippen LogP contribution in [0.1, 0.15) is 30.2 Å². The molecule has 0 atom stereocenters. The van der Waals surface area contributed by atoms with Gasteiger partial charge in [-0.15, -0.1) is 0 Å². The van der Waals surface area contributed by atoms with E-state index in [9.17, 15) is 4.79 Å².